The van der Waals surface area contributed by atoms with Gasteiger partial charge in [-0.15, -0.1) is 0 Å². The number of likely N-dealkylation sites (N-methyl/N-ethyl adjacent to an activating group) is 1. The Balaban J connectivity index is 2.63. The van der Waals surface area contributed by atoms with E-state index in [0.717, 1.165) is 5.56 Å². The van der Waals surface area contributed by atoms with Crippen molar-refractivity contribution < 1.29 is 9.53 Å². The largest absolute Gasteiger partial charge is 0.481 e. The molecule has 0 aromatic carbocycles. The summed E-state index contributed by atoms with van der Waals surface area (Å²) in [5, 5.41) is 5.62. The fourth-order valence-corrected chi connectivity index (χ4v) is 1.24. The molecule has 0 unspecified atom stereocenters. The number of ether oxygens (including phenoxy) is 1. The van der Waals surface area contributed by atoms with Crippen LogP contribution in [-0.4, -0.2) is 36.1 Å². The number of rotatable bonds is 5. The van der Waals surface area contributed by atoms with Crippen LogP contribution < -0.4 is 15.4 Å². The zero-order valence-electron chi connectivity index (χ0n) is 9.70. The minimum atomic E-state index is -0.0699. The molecule has 6 nitrogen and oxygen atoms in total. The molecular weight excluding hydrogens is 208 g/mol. The molecule has 6 heteroatoms. The standard InChI is InChI=1S/C10H16N4O2/c1-4-11-8(15)5-12-9-7(2)10(16-3)14-6-13-9/h6H,4-5H2,1-3H3,(H,11,15)(H,12,13,14). The van der Waals surface area contributed by atoms with E-state index in [1.807, 2.05) is 13.8 Å². The first-order valence-electron chi connectivity index (χ1n) is 5.05. The highest BCUT2D eigenvalue weighted by molar-refractivity contribution is 5.80. The summed E-state index contributed by atoms with van der Waals surface area (Å²) in [7, 11) is 1.54. The van der Waals surface area contributed by atoms with Gasteiger partial charge in [0.05, 0.1) is 19.2 Å². The van der Waals surface area contributed by atoms with Gasteiger partial charge in [0.25, 0.3) is 0 Å². The van der Waals surface area contributed by atoms with Crippen molar-refractivity contribution in [2.24, 2.45) is 0 Å². The van der Waals surface area contributed by atoms with Crippen LogP contribution in [0.3, 0.4) is 0 Å². The number of methoxy groups -OCH3 is 1. The zero-order valence-corrected chi connectivity index (χ0v) is 9.70. The molecule has 0 aliphatic rings. The number of aromatic nitrogens is 2. The Hall–Kier alpha value is -1.85. The third-order valence-electron chi connectivity index (χ3n) is 2.02. The van der Waals surface area contributed by atoms with E-state index < -0.39 is 0 Å². The summed E-state index contributed by atoms with van der Waals surface area (Å²) in [4.78, 5) is 19.2. The molecule has 0 saturated carbocycles. The summed E-state index contributed by atoms with van der Waals surface area (Å²) in [6.07, 6.45) is 1.39. The van der Waals surface area contributed by atoms with E-state index in [2.05, 4.69) is 20.6 Å². The van der Waals surface area contributed by atoms with Crippen molar-refractivity contribution in [3.63, 3.8) is 0 Å². The van der Waals surface area contributed by atoms with Gasteiger partial charge in [-0.05, 0) is 13.8 Å². The van der Waals surface area contributed by atoms with E-state index in [1.165, 1.54) is 6.33 Å². The van der Waals surface area contributed by atoms with Gasteiger partial charge in [0.1, 0.15) is 12.1 Å². The van der Waals surface area contributed by atoms with Gasteiger partial charge in [-0.1, -0.05) is 0 Å². The Kier molecular flexibility index (Phi) is 4.50. The Bertz CT molecular complexity index is 368. The lowest BCUT2D eigenvalue weighted by Gasteiger charge is -2.09. The maximum Gasteiger partial charge on any atom is 0.239 e. The molecule has 0 atom stereocenters. The first-order valence-corrected chi connectivity index (χ1v) is 5.05. The second-order valence-electron chi connectivity index (χ2n) is 3.16. The smallest absolute Gasteiger partial charge is 0.239 e. The van der Waals surface area contributed by atoms with Crippen molar-refractivity contribution >= 4 is 11.7 Å². The molecule has 0 spiro atoms. The van der Waals surface area contributed by atoms with Crippen molar-refractivity contribution in [3.05, 3.63) is 11.9 Å². The van der Waals surface area contributed by atoms with Crippen LogP contribution in [0.25, 0.3) is 0 Å². The summed E-state index contributed by atoms with van der Waals surface area (Å²) < 4.78 is 5.05. The first kappa shape index (κ1) is 12.2. The molecule has 88 valence electrons. The van der Waals surface area contributed by atoms with E-state index in [9.17, 15) is 4.79 Å². The second kappa shape index (κ2) is 5.89. The van der Waals surface area contributed by atoms with Crippen LogP contribution in [-0.2, 0) is 4.79 Å². The highest BCUT2D eigenvalue weighted by atomic mass is 16.5. The topological polar surface area (TPSA) is 76.1 Å². The molecule has 0 radical (unpaired) electrons. The lowest BCUT2D eigenvalue weighted by molar-refractivity contribution is -0.119. The van der Waals surface area contributed by atoms with E-state index in [0.29, 0.717) is 18.2 Å². The lowest BCUT2D eigenvalue weighted by Crippen LogP contribution is -2.29. The summed E-state index contributed by atoms with van der Waals surface area (Å²) in [6, 6.07) is 0. The van der Waals surface area contributed by atoms with E-state index in [4.69, 9.17) is 4.74 Å². The predicted octanol–water partition coefficient (Wildman–Crippen LogP) is 0.342. The minimum absolute atomic E-state index is 0.0699. The number of nitrogens with one attached hydrogen (secondary N) is 2. The van der Waals surface area contributed by atoms with Crippen LogP contribution in [0.1, 0.15) is 12.5 Å². The van der Waals surface area contributed by atoms with E-state index in [-0.39, 0.29) is 12.5 Å². The van der Waals surface area contributed by atoms with Crippen LogP contribution in [0.4, 0.5) is 5.82 Å². The number of amides is 1. The van der Waals surface area contributed by atoms with Gasteiger partial charge < -0.3 is 15.4 Å². The maximum absolute atomic E-state index is 11.2. The Labute approximate surface area is 94.4 Å². The summed E-state index contributed by atoms with van der Waals surface area (Å²) in [5.41, 5.74) is 0.786. The Morgan fingerprint density at radius 1 is 1.50 bits per heavy atom. The Morgan fingerprint density at radius 3 is 2.88 bits per heavy atom. The van der Waals surface area contributed by atoms with Crippen molar-refractivity contribution in [2.45, 2.75) is 13.8 Å². The molecule has 0 saturated heterocycles. The zero-order chi connectivity index (χ0) is 12.0. The average Bonchev–Trinajstić information content (AvgIpc) is 2.28. The second-order valence-corrected chi connectivity index (χ2v) is 3.16. The molecule has 16 heavy (non-hydrogen) atoms. The SMILES string of the molecule is CCNC(=O)CNc1ncnc(OC)c1C. The molecular formula is C10H16N4O2. The number of anilines is 1. The molecule has 0 aliphatic heterocycles. The van der Waals surface area contributed by atoms with Crippen LogP contribution in [0.15, 0.2) is 6.33 Å². The summed E-state index contributed by atoms with van der Waals surface area (Å²) in [6.45, 7) is 4.51. The molecule has 0 fully saturated rings. The van der Waals surface area contributed by atoms with Gasteiger partial charge in [0.15, 0.2) is 0 Å². The van der Waals surface area contributed by atoms with Crippen molar-refractivity contribution in [1.29, 1.82) is 0 Å². The fourth-order valence-electron chi connectivity index (χ4n) is 1.24. The third-order valence-corrected chi connectivity index (χ3v) is 2.02. The summed E-state index contributed by atoms with van der Waals surface area (Å²) >= 11 is 0. The highest BCUT2D eigenvalue weighted by Gasteiger charge is 2.07. The number of nitrogens with zero attached hydrogens (tertiary/aromatic N) is 2. The van der Waals surface area contributed by atoms with Crippen molar-refractivity contribution in [3.8, 4) is 5.88 Å². The summed E-state index contributed by atoms with van der Waals surface area (Å²) in [5.74, 6) is 1.05. The molecule has 2 N–H and O–H groups in total. The van der Waals surface area contributed by atoms with E-state index in [1.54, 1.807) is 7.11 Å². The highest BCUT2D eigenvalue weighted by Crippen LogP contribution is 2.19. The first-order chi connectivity index (χ1) is 7.69. The van der Waals surface area contributed by atoms with Crippen LogP contribution in [0, 0.1) is 6.92 Å². The average molecular weight is 224 g/mol. The molecule has 1 aromatic rings. The van der Waals surface area contributed by atoms with Gasteiger partial charge >= 0.3 is 0 Å². The third kappa shape index (κ3) is 3.08. The fraction of sp³-hybridized carbons (Fsp3) is 0.500. The van der Waals surface area contributed by atoms with Gasteiger partial charge in [0, 0.05) is 6.54 Å². The molecule has 0 bridgehead atoms. The molecule has 1 amide bonds. The normalized spacial score (nSPS) is 9.69. The number of hydrogen-bond donors (Lipinski definition) is 2. The maximum atomic E-state index is 11.2. The van der Waals surface area contributed by atoms with Gasteiger partial charge in [-0.2, -0.15) is 0 Å². The number of carbonyl (C=O) groups excluding carboxylic acids is 1. The number of carbonyl (C=O) groups is 1. The van der Waals surface area contributed by atoms with Crippen LogP contribution in [0.2, 0.25) is 0 Å². The quantitative estimate of drug-likeness (QED) is 0.754. The predicted molar refractivity (Wildman–Crippen MR) is 60.5 cm³/mol. The number of hydrogen-bond acceptors (Lipinski definition) is 5. The minimum Gasteiger partial charge on any atom is -0.481 e. The van der Waals surface area contributed by atoms with Crippen LogP contribution in [0.5, 0.6) is 5.88 Å². The lowest BCUT2D eigenvalue weighted by atomic mass is 10.3. The van der Waals surface area contributed by atoms with Gasteiger partial charge in [-0.3, -0.25) is 4.79 Å². The molecule has 1 rings (SSSR count). The monoisotopic (exact) mass is 224 g/mol. The van der Waals surface area contributed by atoms with Gasteiger partial charge in [0.2, 0.25) is 11.8 Å². The van der Waals surface area contributed by atoms with Crippen molar-refractivity contribution in [1.82, 2.24) is 15.3 Å². The van der Waals surface area contributed by atoms with Crippen molar-refractivity contribution in [2.75, 3.05) is 25.5 Å². The molecule has 1 heterocycles. The van der Waals surface area contributed by atoms with E-state index >= 15 is 0 Å². The molecule has 0 aliphatic carbocycles. The molecule has 1 aromatic heterocycles. The van der Waals surface area contributed by atoms with Crippen LogP contribution >= 0.6 is 0 Å². The Morgan fingerprint density at radius 2 is 2.25 bits per heavy atom. The van der Waals surface area contributed by atoms with Gasteiger partial charge in [-0.25, -0.2) is 9.97 Å².